The quantitative estimate of drug-likeness (QED) is 0.557. The van der Waals surface area contributed by atoms with Crippen LogP contribution >= 0.6 is 15.9 Å². The first kappa shape index (κ1) is 22.4. The lowest BCUT2D eigenvalue weighted by atomic mass is 10.1. The van der Waals surface area contributed by atoms with Crippen LogP contribution in [0.25, 0.3) is 0 Å². The maximum absolute atomic E-state index is 12.3. The Bertz CT molecular complexity index is 870. The third-order valence-electron chi connectivity index (χ3n) is 3.63. The molecule has 2 rings (SSSR count). The standard InChI is InChI=1S/C21H23BrN2O5/c1-14(2)11-23-21(27)17-8-3-4-9-18(17)24-19(25)12-29-20(26)13-28-16-7-5-6-15(22)10-16/h3-10,14H,11-13H2,1-2H3,(H,23,27)(H,24,25). The molecule has 2 N–H and O–H groups in total. The highest BCUT2D eigenvalue weighted by molar-refractivity contribution is 9.10. The lowest BCUT2D eigenvalue weighted by molar-refractivity contribution is -0.149. The van der Waals surface area contributed by atoms with Crippen molar-refractivity contribution in [3.63, 3.8) is 0 Å². The summed E-state index contributed by atoms with van der Waals surface area (Å²) in [5, 5.41) is 5.39. The molecule has 2 amide bonds. The summed E-state index contributed by atoms with van der Waals surface area (Å²) in [4.78, 5) is 36.2. The van der Waals surface area contributed by atoms with Gasteiger partial charge in [0, 0.05) is 11.0 Å². The Labute approximate surface area is 177 Å². The third kappa shape index (κ3) is 7.95. The van der Waals surface area contributed by atoms with E-state index in [1.165, 1.54) is 0 Å². The van der Waals surface area contributed by atoms with Gasteiger partial charge in [0.25, 0.3) is 11.8 Å². The lowest BCUT2D eigenvalue weighted by Gasteiger charge is -2.12. The number of anilines is 1. The topological polar surface area (TPSA) is 93.7 Å². The molecule has 0 aliphatic carbocycles. The van der Waals surface area contributed by atoms with Gasteiger partial charge in [-0.2, -0.15) is 0 Å². The monoisotopic (exact) mass is 462 g/mol. The normalized spacial score (nSPS) is 10.3. The van der Waals surface area contributed by atoms with Gasteiger partial charge in [-0.25, -0.2) is 4.79 Å². The zero-order valence-electron chi connectivity index (χ0n) is 16.2. The molecule has 0 saturated carbocycles. The van der Waals surface area contributed by atoms with Crippen LogP contribution in [-0.2, 0) is 14.3 Å². The number of para-hydroxylation sites is 1. The van der Waals surface area contributed by atoms with Crippen LogP contribution in [0.15, 0.2) is 53.0 Å². The van der Waals surface area contributed by atoms with Gasteiger partial charge in [0.05, 0.1) is 11.3 Å². The largest absolute Gasteiger partial charge is 0.482 e. The third-order valence-corrected chi connectivity index (χ3v) is 4.13. The van der Waals surface area contributed by atoms with E-state index in [-0.39, 0.29) is 12.5 Å². The summed E-state index contributed by atoms with van der Waals surface area (Å²) in [5.74, 6) is -0.705. The molecule has 0 bridgehead atoms. The minimum absolute atomic E-state index is 0.283. The number of esters is 1. The van der Waals surface area contributed by atoms with Gasteiger partial charge >= 0.3 is 5.97 Å². The molecule has 0 fully saturated rings. The second kappa shape index (κ2) is 11.2. The summed E-state index contributed by atoms with van der Waals surface area (Å²) in [7, 11) is 0. The number of carbonyl (C=O) groups is 3. The zero-order valence-corrected chi connectivity index (χ0v) is 17.8. The van der Waals surface area contributed by atoms with E-state index in [0.29, 0.717) is 29.5 Å². The van der Waals surface area contributed by atoms with Crippen LogP contribution in [0.4, 0.5) is 5.69 Å². The number of nitrogens with one attached hydrogen (secondary N) is 2. The van der Waals surface area contributed by atoms with Crippen molar-refractivity contribution < 1.29 is 23.9 Å². The van der Waals surface area contributed by atoms with Crippen molar-refractivity contribution in [2.24, 2.45) is 5.92 Å². The number of benzene rings is 2. The summed E-state index contributed by atoms with van der Waals surface area (Å²) >= 11 is 3.31. The van der Waals surface area contributed by atoms with Crippen molar-refractivity contribution >= 4 is 39.4 Å². The first-order chi connectivity index (χ1) is 13.8. The number of halogens is 1. The molecule has 0 aliphatic rings. The maximum atomic E-state index is 12.3. The molecule has 154 valence electrons. The van der Waals surface area contributed by atoms with Crippen LogP contribution < -0.4 is 15.4 Å². The number of amides is 2. The van der Waals surface area contributed by atoms with Crippen LogP contribution in [0.5, 0.6) is 5.75 Å². The molecule has 8 heteroatoms. The lowest BCUT2D eigenvalue weighted by Crippen LogP contribution is -2.29. The van der Waals surface area contributed by atoms with Gasteiger partial charge in [-0.3, -0.25) is 9.59 Å². The number of ether oxygens (including phenoxy) is 2. The molecular formula is C21H23BrN2O5. The predicted octanol–water partition coefficient (Wildman–Crippen LogP) is 3.40. The SMILES string of the molecule is CC(C)CNC(=O)c1ccccc1NC(=O)COC(=O)COc1cccc(Br)c1. The Morgan fingerprint density at radius 2 is 1.79 bits per heavy atom. The summed E-state index contributed by atoms with van der Waals surface area (Å²) in [6.45, 7) is 3.70. The van der Waals surface area contributed by atoms with E-state index >= 15 is 0 Å². The molecule has 0 radical (unpaired) electrons. The average Bonchev–Trinajstić information content (AvgIpc) is 2.69. The Morgan fingerprint density at radius 1 is 1.03 bits per heavy atom. The Morgan fingerprint density at radius 3 is 2.52 bits per heavy atom. The van der Waals surface area contributed by atoms with Crippen molar-refractivity contribution in [2.75, 3.05) is 25.1 Å². The number of hydrogen-bond acceptors (Lipinski definition) is 5. The summed E-state index contributed by atoms with van der Waals surface area (Å²) in [5.41, 5.74) is 0.686. The van der Waals surface area contributed by atoms with Crippen LogP contribution in [0.3, 0.4) is 0 Å². The van der Waals surface area contributed by atoms with E-state index in [4.69, 9.17) is 9.47 Å². The molecule has 0 heterocycles. The van der Waals surface area contributed by atoms with Gasteiger partial charge in [0.2, 0.25) is 0 Å². The molecular weight excluding hydrogens is 440 g/mol. The minimum Gasteiger partial charge on any atom is -0.482 e. The Balaban J connectivity index is 1.83. The fourth-order valence-electron chi connectivity index (χ4n) is 2.26. The highest BCUT2D eigenvalue weighted by Gasteiger charge is 2.14. The highest BCUT2D eigenvalue weighted by Crippen LogP contribution is 2.18. The van der Waals surface area contributed by atoms with Gasteiger partial charge in [-0.15, -0.1) is 0 Å². The Kier molecular flexibility index (Phi) is 8.67. The molecule has 0 atom stereocenters. The molecule has 2 aromatic carbocycles. The van der Waals surface area contributed by atoms with Crippen LogP contribution in [0, 0.1) is 5.92 Å². The van der Waals surface area contributed by atoms with E-state index in [0.717, 1.165) is 4.47 Å². The minimum atomic E-state index is -0.678. The van der Waals surface area contributed by atoms with E-state index in [9.17, 15) is 14.4 Å². The van der Waals surface area contributed by atoms with E-state index in [1.807, 2.05) is 19.9 Å². The first-order valence-electron chi connectivity index (χ1n) is 9.06. The summed E-state index contributed by atoms with van der Waals surface area (Å²) in [6.07, 6.45) is 0. The van der Waals surface area contributed by atoms with Gasteiger partial charge < -0.3 is 20.1 Å². The maximum Gasteiger partial charge on any atom is 0.344 e. The number of carbonyl (C=O) groups excluding carboxylic acids is 3. The summed E-state index contributed by atoms with van der Waals surface area (Å²) in [6, 6.07) is 13.6. The average molecular weight is 463 g/mol. The van der Waals surface area contributed by atoms with Crippen LogP contribution in [-0.4, -0.2) is 37.5 Å². The molecule has 2 aromatic rings. The smallest absolute Gasteiger partial charge is 0.344 e. The number of hydrogen-bond donors (Lipinski definition) is 2. The second-order valence-corrected chi connectivity index (χ2v) is 7.52. The van der Waals surface area contributed by atoms with Crippen molar-refractivity contribution in [1.82, 2.24) is 5.32 Å². The molecule has 0 unspecified atom stereocenters. The van der Waals surface area contributed by atoms with Crippen LogP contribution in [0.2, 0.25) is 0 Å². The predicted molar refractivity (Wildman–Crippen MR) is 113 cm³/mol. The number of rotatable bonds is 9. The molecule has 0 aromatic heterocycles. The molecule has 0 spiro atoms. The van der Waals surface area contributed by atoms with Gasteiger partial charge in [0.15, 0.2) is 13.2 Å². The van der Waals surface area contributed by atoms with Crippen molar-refractivity contribution in [1.29, 1.82) is 0 Å². The zero-order chi connectivity index (χ0) is 21.2. The van der Waals surface area contributed by atoms with Crippen molar-refractivity contribution in [3.05, 3.63) is 58.6 Å². The van der Waals surface area contributed by atoms with Gasteiger partial charge in [-0.05, 0) is 36.2 Å². The molecule has 0 aliphatic heterocycles. The van der Waals surface area contributed by atoms with E-state index in [2.05, 4.69) is 26.6 Å². The first-order valence-corrected chi connectivity index (χ1v) is 9.85. The molecule has 0 saturated heterocycles. The van der Waals surface area contributed by atoms with Crippen LogP contribution in [0.1, 0.15) is 24.2 Å². The van der Waals surface area contributed by atoms with Crippen molar-refractivity contribution in [3.8, 4) is 5.75 Å². The molecule has 7 nitrogen and oxygen atoms in total. The Hall–Kier alpha value is -2.87. The van der Waals surface area contributed by atoms with E-state index in [1.54, 1.807) is 42.5 Å². The fourth-order valence-corrected chi connectivity index (χ4v) is 2.63. The fraction of sp³-hybridized carbons (Fsp3) is 0.286. The molecule has 29 heavy (non-hydrogen) atoms. The van der Waals surface area contributed by atoms with Crippen molar-refractivity contribution in [2.45, 2.75) is 13.8 Å². The van der Waals surface area contributed by atoms with Gasteiger partial charge in [-0.1, -0.05) is 48.0 Å². The van der Waals surface area contributed by atoms with Gasteiger partial charge in [0.1, 0.15) is 5.75 Å². The second-order valence-electron chi connectivity index (χ2n) is 6.60. The highest BCUT2D eigenvalue weighted by atomic mass is 79.9. The summed E-state index contributed by atoms with van der Waals surface area (Å²) < 4.78 is 11.0. The van der Waals surface area contributed by atoms with E-state index < -0.39 is 18.5 Å².